The molecule has 0 saturated carbocycles. The van der Waals surface area contributed by atoms with E-state index in [1.54, 1.807) is 31.2 Å². The fourth-order valence-electron chi connectivity index (χ4n) is 3.81. The minimum absolute atomic E-state index is 0.0238. The number of carboxylic acids is 1. The average Bonchev–Trinajstić information content (AvgIpc) is 3.13. The smallest absolute Gasteiger partial charge is 0.310 e. The third-order valence-corrected chi connectivity index (χ3v) is 6.17. The molecule has 0 aliphatic carbocycles. The zero-order valence-corrected chi connectivity index (χ0v) is 20.2. The standard InChI is InChI=1S/C27H25FN4O4/c1-14-8-9-21(10-15(14)2)32-26(34)24(17(4)31-32)30-29-23-13-20(28)12-22(25(23)33)19-7-5-6-18(11-19)16(3)27(35)36/h5-13,16,31,33H,1-4H3,(H,35,36). The van der Waals surface area contributed by atoms with Gasteiger partial charge in [-0.1, -0.05) is 30.3 Å². The van der Waals surface area contributed by atoms with Crippen LogP contribution in [0.4, 0.5) is 15.8 Å². The maximum absolute atomic E-state index is 14.5. The van der Waals surface area contributed by atoms with Crippen LogP contribution in [0.3, 0.4) is 0 Å². The normalized spacial score (nSPS) is 12.2. The van der Waals surface area contributed by atoms with Gasteiger partial charge in [0.05, 0.1) is 17.3 Å². The topological polar surface area (TPSA) is 120 Å². The summed E-state index contributed by atoms with van der Waals surface area (Å²) in [5.41, 5.74) is 3.67. The largest absolute Gasteiger partial charge is 0.505 e. The Kier molecular flexibility index (Phi) is 6.57. The number of halogens is 1. The molecule has 184 valence electrons. The third-order valence-electron chi connectivity index (χ3n) is 6.17. The van der Waals surface area contributed by atoms with Crippen LogP contribution in [0.5, 0.6) is 5.75 Å². The summed E-state index contributed by atoms with van der Waals surface area (Å²) in [6, 6.07) is 14.2. The molecule has 9 heteroatoms. The van der Waals surface area contributed by atoms with Crippen LogP contribution < -0.4 is 5.56 Å². The van der Waals surface area contributed by atoms with Gasteiger partial charge in [0.1, 0.15) is 11.5 Å². The van der Waals surface area contributed by atoms with Gasteiger partial charge in [-0.25, -0.2) is 9.07 Å². The second kappa shape index (κ2) is 9.61. The Bertz CT molecular complexity index is 1570. The highest BCUT2D eigenvalue weighted by molar-refractivity contribution is 5.79. The van der Waals surface area contributed by atoms with Crippen LogP contribution in [0.15, 0.2) is 69.6 Å². The lowest BCUT2D eigenvalue weighted by atomic mass is 9.95. The number of aromatic hydroxyl groups is 1. The summed E-state index contributed by atoms with van der Waals surface area (Å²) in [5.74, 6) is -2.80. The van der Waals surface area contributed by atoms with Crippen molar-refractivity contribution in [2.45, 2.75) is 33.6 Å². The van der Waals surface area contributed by atoms with Gasteiger partial charge in [0.2, 0.25) is 0 Å². The van der Waals surface area contributed by atoms with E-state index in [0.717, 1.165) is 23.3 Å². The van der Waals surface area contributed by atoms with E-state index in [9.17, 15) is 24.2 Å². The van der Waals surface area contributed by atoms with E-state index in [0.29, 0.717) is 22.5 Å². The summed E-state index contributed by atoms with van der Waals surface area (Å²) in [5, 5.41) is 31.1. The zero-order chi connectivity index (χ0) is 26.1. The number of benzene rings is 3. The van der Waals surface area contributed by atoms with Gasteiger partial charge in [-0.2, -0.15) is 0 Å². The molecule has 8 nitrogen and oxygen atoms in total. The highest BCUT2D eigenvalue weighted by Crippen LogP contribution is 2.39. The number of nitrogens with zero attached hydrogens (tertiary/aromatic N) is 3. The number of phenolic OH excluding ortho intramolecular Hbond substituents is 1. The lowest BCUT2D eigenvalue weighted by Crippen LogP contribution is -2.14. The fourth-order valence-corrected chi connectivity index (χ4v) is 3.81. The Labute approximate surface area is 206 Å². The lowest BCUT2D eigenvalue weighted by Gasteiger charge is -2.11. The molecule has 1 unspecified atom stereocenters. The quantitative estimate of drug-likeness (QED) is 0.280. The van der Waals surface area contributed by atoms with Gasteiger partial charge in [-0.3, -0.25) is 14.7 Å². The first-order valence-electron chi connectivity index (χ1n) is 11.2. The lowest BCUT2D eigenvalue weighted by molar-refractivity contribution is -0.138. The molecule has 0 fully saturated rings. The molecule has 0 bridgehead atoms. The Balaban J connectivity index is 1.73. The molecule has 0 aliphatic rings. The number of aryl methyl sites for hydroxylation is 3. The number of carboxylic acid groups (broad SMARTS) is 1. The molecule has 0 aliphatic heterocycles. The van der Waals surface area contributed by atoms with Crippen LogP contribution in [0.25, 0.3) is 16.8 Å². The summed E-state index contributed by atoms with van der Waals surface area (Å²) >= 11 is 0. The van der Waals surface area contributed by atoms with Crippen molar-refractivity contribution < 1.29 is 19.4 Å². The molecule has 0 saturated heterocycles. The van der Waals surface area contributed by atoms with E-state index >= 15 is 0 Å². The molecule has 3 N–H and O–H groups in total. The maximum atomic E-state index is 14.5. The molecular formula is C27H25FN4O4. The molecule has 1 atom stereocenters. The molecule has 1 heterocycles. The van der Waals surface area contributed by atoms with Crippen molar-refractivity contribution in [3.8, 4) is 22.6 Å². The molecule has 4 rings (SSSR count). The monoisotopic (exact) mass is 488 g/mol. The molecule has 3 aromatic carbocycles. The molecule has 0 radical (unpaired) electrons. The maximum Gasteiger partial charge on any atom is 0.310 e. The summed E-state index contributed by atoms with van der Waals surface area (Å²) in [4.78, 5) is 24.4. The Morgan fingerprint density at radius 1 is 1.03 bits per heavy atom. The van der Waals surface area contributed by atoms with Crippen molar-refractivity contribution in [1.82, 2.24) is 9.78 Å². The van der Waals surface area contributed by atoms with Crippen molar-refractivity contribution in [3.05, 3.63) is 93.2 Å². The second-order valence-electron chi connectivity index (χ2n) is 8.70. The molecular weight excluding hydrogens is 463 g/mol. The average molecular weight is 489 g/mol. The summed E-state index contributed by atoms with van der Waals surface area (Å²) in [6.45, 7) is 7.13. The number of H-pyrrole nitrogens is 1. The van der Waals surface area contributed by atoms with Gasteiger partial charge >= 0.3 is 5.97 Å². The van der Waals surface area contributed by atoms with E-state index in [-0.39, 0.29) is 22.7 Å². The fraction of sp³-hybridized carbons (Fsp3) is 0.185. The first-order valence-corrected chi connectivity index (χ1v) is 11.2. The molecule has 4 aromatic rings. The number of azo groups is 1. The zero-order valence-electron chi connectivity index (χ0n) is 20.2. The number of nitrogens with one attached hydrogen (secondary N) is 1. The number of hydrogen-bond acceptors (Lipinski definition) is 5. The number of hydrogen-bond donors (Lipinski definition) is 3. The molecule has 1 aromatic heterocycles. The number of aromatic amines is 1. The predicted octanol–water partition coefficient (Wildman–Crippen LogP) is 6.21. The molecule has 0 spiro atoms. The SMILES string of the molecule is Cc1ccc(-n2[nH]c(C)c(N=Nc3cc(F)cc(-c4cccc(C(C)C(=O)O)c4)c3O)c2=O)cc1C. The second-order valence-corrected chi connectivity index (χ2v) is 8.70. The minimum atomic E-state index is -1.00. The van der Waals surface area contributed by atoms with Crippen LogP contribution >= 0.6 is 0 Å². The molecule has 0 amide bonds. The first kappa shape index (κ1) is 24.6. The summed E-state index contributed by atoms with van der Waals surface area (Å²) < 4.78 is 15.8. The number of rotatable bonds is 6. The Morgan fingerprint density at radius 3 is 2.47 bits per heavy atom. The first-order chi connectivity index (χ1) is 17.1. The van der Waals surface area contributed by atoms with Gasteiger partial charge in [0.15, 0.2) is 11.4 Å². The van der Waals surface area contributed by atoms with Crippen LogP contribution in [0, 0.1) is 26.6 Å². The van der Waals surface area contributed by atoms with Crippen LogP contribution in [0.2, 0.25) is 0 Å². The minimum Gasteiger partial charge on any atom is -0.505 e. The number of phenols is 1. The van der Waals surface area contributed by atoms with Gasteiger partial charge < -0.3 is 10.2 Å². The van der Waals surface area contributed by atoms with E-state index in [1.165, 1.54) is 11.6 Å². The Morgan fingerprint density at radius 2 is 1.78 bits per heavy atom. The van der Waals surface area contributed by atoms with Crippen LogP contribution in [0.1, 0.15) is 35.2 Å². The van der Waals surface area contributed by atoms with Crippen LogP contribution in [-0.4, -0.2) is 26.0 Å². The van der Waals surface area contributed by atoms with Crippen LogP contribution in [-0.2, 0) is 4.79 Å². The predicted molar refractivity (Wildman–Crippen MR) is 134 cm³/mol. The van der Waals surface area contributed by atoms with Crippen molar-refractivity contribution >= 4 is 17.3 Å². The van der Waals surface area contributed by atoms with E-state index < -0.39 is 23.3 Å². The van der Waals surface area contributed by atoms with E-state index in [1.807, 2.05) is 32.0 Å². The number of aromatic nitrogens is 2. The van der Waals surface area contributed by atoms with Crippen molar-refractivity contribution in [2.24, 2.45) is 10.2 Å². The molecule has 36 heavy (non-hydrogen) atoms. The summed E-state index contributed by atoms with van der Waals surface area (Å²) in [7, 11) is 0. The van der Waals surface area contributed by atoms with Crippen molar-refractivity contribution in [1.29, 1.82) is 0 Å². The Hall–Kier alpha value is -4.53. The van der Waals surface area contributed by atoms with E-state index in [4.69, 9.17) is 0 Å². The van der Waals surface area contributed by atoms with Gasteiger partial charge in [0, 0.05) is 11.6 Å². The van der Waals surface area contributed by atoms with E-state index in [2.05, 4.69) is 15.3 Å². The van der Waals surface area contributed by atoms with Crippen molar-refractivity contribution in [3.63, 3.8) is 0 Å². The highest BCUT2D eigenvalue weighted by atomic mass is 19.1. The number of aliphatic carboxylic acids is 1. The van der Waals surface area contributed by atoms with Crippen molar-refractivity contribution in [2.75, 3.05) is 0 Å². The van der Waals surface area contributed by atoms with Gasteiger partial charge in [0.25, 0.3) is 5.56 Å². The van der Waals surface area contributed by atoms with Gasteiger partial charge in [-0.05, 0) is 68.1 Å². The number of carbonyl (C=O) groups is 1. The summed E-state index contributed by atoms with van der Waals surface area (Å²) in [6.07, 6.45) is 0. The highest BCUT2D eigenvalue weighted by Gasteiger charge is 2.18. The van der Waals surface area contributed by atoms with Gasteiger partial charge in [-0.15, -0.1) is 10.2 Å². The third kappa shape index (κ3) is 4.68.